The Labute approximate surface area is 218 Å². The normalized spacial score (nSPS) is 10.7. The van der Waals surface area contributed by atoms with Crippen LogP contribution in [0.3, 0.4) is 0 Å². The average Bonchev–Trinajstić information content (AvgIpc) is 2.99. The third kappa shape index (κ3) is 4.68. The molecule has 0 saturated carbocycles. The molecule has 0 atom stereocenters. The molecule has 0 N–H and O–H groups in total. The highest BCUT2D eigenvalue weighted by Gasteiger charge is 2.19. The van der Waals surface area contributed by atoms with Crippen molar-refractivity contribution in [3.63, 3.8) is 0 Å². The minimum absolute atomic E-state index is 0.848. The molecule has 176 valence electrons. The van der Waals surface area contributed by atoms with E-state index in [9.17, 15) is 0 Å². The van der Waals surface area contributed by atoms with Crippen LogP contribution in [0, 0.1) is 0 Å². The molecule has 0 heterocycles. The largest absolute Gasteiger partial charge is 0.455 e. The molecule has 1 heteroatoms. The van der Waals surface area contributed by atoms with Crippen LogP contribution in [0.15, 0.2) is 158 Å². The van der Waals surface area contributed by atoms with Gasteiger partial charge in [-0.05, 0) is 22.3 Å². The predicted molar refractivity (Wildman–Crippen MR) is 155 cm³/mol. The van der Waals surface area contributed by atoms with Crippen LogP contribution < -0.4 is 4.74 Å². The zero-order valence-corrected chi connectivity index (χ0v) is 20.4. The molecule has 0 aromatic heterocycles. The van der Waals surface area contributed by atoms with Gasteiger partial charge in [0.1, 0.15) is 11.5 Å². The van der Waals surface area contributed by atoms with E-state index in [0.29, 0.717) is 0 Å². The number of hydrogen-bond donors (Lipinski definition) is 0. The number of benzene rings is 6. The summed E-state index contributed by atoms with van der Waals surface area (Å²) < 4.78 is 7.12. The quantitative estimate of drug-likeness (QED) is 0.233. The topological polar surface area (TPSA) is 9.23 Å². The molecule has 0 aliphatic carbocycles. The van der Waals surface area contributed by atoms with E-state index in [4.69, 9.17) is 4.74 Å². The van der Waals surface area contributed by atoms with Gasteiger partial charge < -0.3 is 4.74 Å². The zero-order chi connectivity index (χ0) is 24.9. The lowest BCUT2D eigenvalue weighted by Gasteiger charge is -2.21. The smallest absolute Gasteiger partial charge is 0.143 e. The second-order valence-electron chi connectivity index (χ2n) is 8.93. The Morgan fingerprint density at radius 3 is 0.730 bits per heavy atom. The molecule has 0 fully saturated rings. The summed E-state index contributed by atoms with van der Waals surface area (Å²) in [5.74, 6) is 1.70. The first-order valence-electron chi connectivity index (χ1n) is 12.5. The predicted octanol–water partition coefficient (Wildman–Crippen LogP) is 10.1. The molecule has 6 rings (SSSR count). The van der Waals surface area contributed by atoms with Crippen molar-refractivity contribution in [2.24, 2.45) is 0 Å². The molecule has 0 aliphatic heterocycles. The van der Waals surface area contributed by atoms with Gasteiger partial charge in [0, 0.05) is 22.3 Å². The van der Waals surface area contributed by atoms with E-state index in [-0.39, 0.29) is 0 Å². The van der Waals surface area contributed by atoms with Crippen molar-refractivity contribution >= 4 is 0 Å². The van der Waals surface area contributed by atoms with Crippen LogP contribution in [0.25, 0.3) is 44.5 Å². The molecule has 37 heavy (non-hydrogen) atoms. The highest BCUT2D eigenvalue weighted by molar-refractivity contribution is 5.87. The monoisotopic (exact) mass is 474 g/mol. The maximum atomic E-state index is 7.12. The summed E-state index contributed by atoms with van der Waals surface area (Å²) in [6.07, 6.45) is 0. The van der Waals surface area contributed by atoms with Crippen molar-refractivity contribution in [1.82, 2.24) is 0 Å². The van der Waals surface area contributed by atoms with Gasteiger partial charge in [0.05, 0.1) is 0 Å². The average molecular weight is 475 g/mol. The van der Waals surface area contributed by atoms with Crippen molar-refractivity contribution < 1.29 is 4.74 Å². The molecule has 0 aliphatic rings. The Bertz CT molecular complexity index is 1370. The fraction of sp³-hybridized carbons (Fsp3) is 0. The minimum atomic E-state index is 0.848. The van der Waals surface area contributed by atoms with Crippen molar-refractivity contribution in [1.29, 1.82) is 0 Å². The molecule has 6 aromatic rings. The lowest BCUT2D eigenvalue weighted by atomic mass is 9.95. The summed E-state index contributed by atoms with van der Waals surface area (Å²) in [6, 6.07) is 54.6. The Morgan fingerprint density at radius 1 is 0.243 bits per heavy atom. The molecule has 1 nitrogen and oxygen atoms in total. The van der Waals surface area contributed by atoms with Crippen molar-refractivity contribution in [3.8, 4) is 56.0 Å². The minimum Gasteiger partial charge on any atom is -0.455 e. The molecule has 0 saturated heterocycles. The first kappa shape index (κ1) is 22.6. The molecule has 0 bridgehead atoms. The van der Waals surface area contributed by atoms with Crippen LogP contribution >= 0.6 is 0 Å². The first-order valence-corrected chi connectivity index (χ1v) is 12.5. The molecule has 0 spiro atoms. The van der Waals surface area contributed by atoms with Crippen LogP contribution in [0.1, 0.15) is 0 Å². The van der Waals surface area contributed by atoms with E-state index in [2.05, 4.69) is 133 Å². The van der Waals surface area contributed by atoms with Gasteiger partial charge >= 0.3 is 0 Å². The third-order valence-electron chi connectivity index (χ3n) is 6.57. The third-order valence-corrected chi connectivity index (χ3v) is 6.57. The van der Waals surface area contributed by atoms with Crippen molar-refractivity contribution in [2.45, 2.75) is 0 Å². The molecular formula is C36H26O. The Kier molecular flexibility index (Phi) is 6.34. The van der Waals surface area contributed by atoms with Gasteiger partial charge in [-0.25, -0.2) is 0 Å². The standard InChI is InChI=1S/C36H26O/c1-5-15-27(16-6-1)31-23-13-24-32(28-17-7-2-8-18-28)35(31)37-36-33(29-19-9-3-10-20-29)25-14-26-34(36)30-21-11-4-12-22-30/h1-26H. The summed E-state index contributed by atoms with van der Waals surface area (Å²) in [5.41, 5.74) is 8.71. The van der Waals surface area contributed by atoms with Gasteiger partial charge in [-0.3, -0.25) is 0 Å². The van der Waals surface area contributed by atoms with Crippen LogP contribution in [-0.4, -0.2) is 0 Å². The second kappa shape index (κ2) is 10.4. The van der Waals surface area contributed by atoms with E-state index >= 15 is 0 Å². The highest BCUT2D eigenvalue weighted by Crippen LogP contribution is 2.47. The fourth-order valence-corrected chi connectivity index (χ4v) is 4.78. The van der Waals surface area contributed by atoms with Crippen molar-refractivity contribution in [3.05, 3.63) is 158 Å². The molecule has 0 radical (unpaired) electrons. The van der Waals surface area contributed by atoms with Crippen LogP contribution in [0.5, 0.6) is 11.5 Å². The van der Waals surface area contributed by atoms with Gasteiger partial charge in [0.25, 0.3) is 0 Å². The maximum absolute atomic E-state index is 7.12. The van der Waals surface area contributed by atoms with Gasteiger partial charge in [0.2, 0.25) is 0 Å². The summed E-state index contributed by atoms with van der Waals surface area (Å²) in [5, 5.41) is 0. The van der Waals surface area contributed by atoms with Crippen molar-refractivity contribution in [2.75, 3.05) is 0 Å². The van der Waals surface area contributed by atoms with E-state index in [1.54, 1.807) is 0 Å². The fourth-order valence-electron chi connectivity index (χ4n) is 4.78. The molecule has 0 amide bonds. The number of para-hydroxylation sites is 2. The first-order chi connectivity index (χ1) is 18.4. The summed E-state index contributed by atoms with van der Waals surface area (Å²) >= 11 is 0. The molecule has 6 aromatic carbocycles. The highest BCUT2D eigenvalue weighted by atomic mass is 16.5. The Hall–Kier alpha value is -4.88. The Morgan fingerprint density at radius 2 is 0.486 bits per heavy atom. The molecular weight excluding hydrogens is 448 g/mol. The van der Waals surface area contributed by atoms with Gasteiger partial charge in [-0.2, -0.15) is 0 Å². The summed E-state index contributed by atoms with van der Waals surface area (Å²) in [4.78, 5) is 0. The lowest BCUT2D eigenvalue weighted by Crippen LogP contribution is -1.96. The lowest BCUT2D eigenvalue weighted by molar-refractivity contribution is 0.490. The number of rotatable bonds is 6. The van der Waals surface area contributed by atoms with E-state index in [1.165, 1.54) is 0 Å². The van der Waals surface area contributed by atoms with Gasteiger partial charge in [-0.1, -0.05) is 158 Å². The number of ether oxygens (including phenoxy) is 1. The van der Waals surface area contributed by atoms with Crippen LogP contribution in [0.4, 0.5) is 0 Å². The SMILES string of the molecule is c1ccc(-c2cccc(-c3ccccc3)c2Oc2c(-c3ccccc3)cccc2-c2ccccc2)cc1. The zero-order valence-electron chi connectivity index (χ0n) is 20.4. The summed E-state index contributed by atoms with van der Waals surface area (Å²) in [6.45, 7) is 0. The maximum Gasteiger partial charge on any atom is 0.143 e. The Balaban J connectivity index is 1.62. The summed E-state index contributed by atoms with van der Waals surface area (Å²) in [7, 11) is 0. The second-order valence-corrected chi connectivity index (χ2v) is 8.93. The van der Waals surface area contributed by atoms with E-state index in [0.717, 1.165) is 56.0 Å². The molecule has 0 unspecified atom stereocenters. The van der Waals surface area contributed by atoms with Crippen LogP contribution in [-0.2, 0) is 0 Å². The van der Waals surface area contributed by atoms with E-state index in [1.807, 2.05) is 24.3 Å². The van der Waals surface area contributed by atoms with Gasteiger partial charge in [-0.15, -0.1) is 0 Å². The number of hydrogen-bond acceptors (Lipinski definition) is 1. The van der Waals surface area contributed by atoms with Crippen LogP contribution in [0.2, 0.25) is 0 Å². The van der Waals surface area contributed by atoms with E-state index < -0.39 is 0 Å². The van der Waals surface area contributed by atoms with Gasteiger partial charge in [0.15, 0.2) is 0 Å².